The lowest BCUT2D eigenvalue weighted by atomic mass is 9.77. The minimum Gasteiger partial charge on any atom is -0.392 e. The van der Waals surface area contributed by atoms with Gasteiger partial charge < -0.3 is 5.11 Å². The number of thioether (sulfide) groups is 1. The molecule has 1 fully saturated rings. The molecule has 1 nitrogen and oxygen atoms in total. The van der Waals surface area contributed by atoms with Gasteiger partial charge in [0.05, 0.1) is 12.0 Å². The molecular weight excluding hydrogens is 309 g/mol. The van der Waals surface area contributed by atoms with E-state index in [1.807, 2.05) is 0 Å². The number of hydrogen-bond acceptors (Lipinski definition) is 2. The van der Waals surface area contributed by atoms with Gasteiger partial charge in [-0.15, -0.1) is 11.8 Å². The Morgan fingerprint density at radius 3 is 2.50 bits per heavy atom. The van der Waals surface area contributed by atoms with Gasteiger partial charge in [-0.3, -0.25) is 0 Å². The Morgan fingerprint density at radius 1 is 1.41 bits per heavy atom. The van der Waals surface area contributed by atoms with Crippen LogP contribution in [0.2, 0.25) is 0 Å². The van der Waals surface area contributed by atoms with Crippen LogP contribution in [0.1, 0.15) is 31.9 Å². The number of alkyl halides is 2. The van der Waals surface area contributed by atoms with Crippen molar-refractivity contribution in [2.45, 2.75) is 49.9 Å². The third kappa shape index (κ3) is 2.21. The second kappa shape index (κ2) is 5.31. The van der Waals surface area contributed by atoms with Crippen molar-refractivity contribution in [1.29, 1.82) is 0 Å². The largest absolute Gasteiger partial charge is 0.392 e. The van der Waals surface area contributed by atoms with E-state index in [9.17, 15) is 18.3 Å². The summed E-state index contributed by atoms with van der Waals surface area (Å²) in [5.41, 5.74) is -0.0519. The molecule has 0 bridgehead atoms. The molecule has 22 heavy (non-hydrogen) atoms. The van der Waals surface area contributed by atoms with Crippen LogP contribution in [0, 0.1) is 18.7 Å². The number of benzene rings is 1. The van der Waals surface area contributed by atoms with Gasteiger partial charge in [-0.25, -0.2) is 13.2 Å². The standard InChI is InChI=1S/C17H21F3OS/c1-6-22-16(11(3)21)14(17(16,19)20)15(4,5)12-9-10(2)7-8-13(12)18/h6-9,11,14,21H,1H2,2-5H3/t11?,14?,16-/m1/s1. The lowest BCUT2D eigenvalue weighted by Crippen LogP contribution is -2.32. The lowest BCUT2D eigenvalue weighted by Gasteiger charge is -2.29. The van der Waals surface area contributed by atoms with E-state index in [1.165, 1.54) is 18.4 Å². The second-order valence-electron chi connectivity index (χ2n) is 6.51. The van der Waals surface area contributed by atoms with Crippen LogP contribution in [0.4, 0.5) is 13.2 Å². The van der Waals surface area contributed by atoms with E-state index in [0.29, 0.717) is 0 Å². The van der Waals surface area contributed by atoms with Crippen molar-refractivity contribution in [2.75, 3.05) is 0 Å². The molecule has 0 aliphatic heterocycles. The average molecular weight is 330 g/mol. The summed E-state index contributed by atoms with van der Waals surface area (Å²) in [6.07, 6.45) is -1.23. The Hall–Kier alpha value is -0.940. The fourth-order valence-electron chi connectivity index (χ4n) is 3.58. The summed E-state index contributed by atoms with van der Waals surface area (Å²) in [4.78, 5) is 0. The molecule has 3 atom stereocenters. The van der Waals surface area contributed by atoms with Crippen LogP contribution >= 0.6 is 11.8 Å². The summed E-state index contributed by atoms with van der Waals surface area (Å²) in [6, 6.07) is 4.52. The van der Waals surface area contributed by atoms with E-state index in [2.05, 4.69) is 6.58 Å². The minimum absolute atomic E-state index is 0.254. The lowest BCUT2D eigenvalue weighted by molar-refractivity contribution is 0.0559. The van der Waals surface area contributed by atoms with E-state index < -0.39 is 33.9 Å². The summed E-state index contributed by atoms with van der Waals surface area (Å²) in [7, 11) is 0. The fraction of sp³-hybridized carbons (Fsp3) is 0.529. The highest BCUT2D eigenvalue weighted by Gasteiger charge is 2.86. The normalized spacial score (nSPS) is 28.3. The molecule has 0 spiro atoms. The van der Waals surface area contributed by atoms with Gasteiger partial charge in [-0.2, -0.15) is 0 Å². The Labute approximate surface area is 133 Å². The highest BCUT2D eigenvalue weighted by Crippen LogP contribution is 2.73. The molecule has 0 aromatic heterocycles. The van der Waals surface area contributed by atoms with Gasteiger partial charge in [0.1, 0.15) is 10.6 Å². The van der Waals surface area contributed by atoms with Gasteiger partial charge in [-0.05, 0) is 30.9 Å². The number of aryl methyl sites for hydroxylation is 1. The molecule has 0 heterocycles. The van der Waals surface area contributed by atoms with Gasteiger partial charge >= 0.3 is 0 Å². The molecule has 1 aromatic carbocycles. The number of aliphatic hydroxyl groups excluding tert-OH is 1. The van der Waals surface area contributed by atoms with E-state index in [-0.39, 0.29) is 5.56 Å². The first-order valence-electron chi connectivity index (χ1n) is 7.14. The molecule has 1 aromatic rings. The molecule has 2 rings (SSSR count). The first kappa shape index (κ1) is 17.4. The van der Waals surface area contributed by atoms with Crippen LogP contribution in [0.25, 0.3) is 0 Å². The van der Waals surface area contributed by atoms with Crippen molar-refractivity contribution in [3.63, 3.8) is 0 Å². The fourth-order valence-corrected chi connectivity index (χ4v) is 4.85. The van der Waals surface area contributed by atoms with E-state index in [0.717, 1.165) is 17.3 Å². The van der Waals surface area contributed by atoms with Crippen LogP contribution < -0.4 is 0 Å². The van der Waals surface area contributed by atoms with Crippen LogP contribution in [0.5, 0.6) is 0 Å². The first-order valence-corrected chi connectivity index (χ1v) is 8.02. The summed E-state index contributed by atoms with van der Waals surface area (Å²) >= 11 is 0.841. The Balaban J connectivity index is 2.54. The SMILES string of the molecule is C=CS[C@]1(C(C)O)C(C(C)(C)c2cc(C)ccc2F)C1(F)F. The third-order valence-corrected chi connectivity index (χ3v) is 6.07. The maximum Gasteiger partial charge on any atom is 0.271 e. The predicted molar refractivity (Wildman–Crippen MR) is 84.8 cm³/mol. The van der Waals surface area contributed by atoms with Crippen LogP contribution in [-0.2, 0) is 5.41 Å². The zero-order valence-corrected chi connectivity index (χ0v) is 14.0. The van der Waals surface area contributed by atoms with Crippen molar-refractivity contribution in [1.82, 2.24) is 0 Å². The Bertz CT molecular complexity index is 598. The molecular formula is C17H21F3OS. The molecule has 1 aliphatic rings. The van der Waals surface area contributed by atoms with Crippen molar-refractivity contribution in [3.8, 4) is 0 Å². The molecule has 5 heteroatoms. The Kier molecular flexibility index (Phi) is 4.20. The number of hydrogen-bond donors (Lipinski definition) is 1. The predicted octanol–water partition coefficient (Wildman–Crippen LogP) is 4.67. The summed E-state index contributed by atoms with van der Waals surface area (Å²) in [5, 5.41) is 11.3. The van der Waals surface area contributed by atoms with Gasteiger partial charge in [0.25, 0.3) is 5.92 Å². The average Bonchev–Trinajstić information content (AvgIpc) is 2.91. The van der Waals surface area contributed by atoms with Crippen molar-refractivity contribution in [2.24, 2.45) is 5.92 Å². The van der Waals surface area contributed by atoms with Crippen molar-refractivity contribution >= 4 is 11.8 Å². The Morgan fingerprint density at radius 2 is 2.00 bits per heavy atom. The smallest absolute Gasteiger partial charge is 0.271 e. The second-order valence-corrected chi connectivity index (χ2v) is 7.76. The van der Waals surface area contributed by atoms with Gasteiger partial charge in [0.2, 0.25) is 0 Å². The van der Waals surface area contributed by atoms with Crippen LogP contribution in [0.3, 0.4) is 0 Å². The van der Waals surface area contributed by atoms with E-state index >= 15 is 0 Å². The van der Waals surface area contributed by atoms with Gasteiger partial charge in [0.15, 0.2) is 0 Å². The molecule has 1 N–H and O–H groups in total. The highest BCUT2D eigenvalue weighted by molar-refractivity contribution is 8.03. The van der Waals surface area contributed by atoms with Gasteiger partial charge in [-0.1, -0.05) is 38.1 Å². The summed E-state index contributed by atoms with van der Waals surface area (Å²) < 4.78 is 41.8. The van der Waals surface area contributed by atoms with Crippen LogP contribution in [0.15, 0.2) is 30.2 Å². The maximum absolute atomic E-state index is 14.6. The minimum atomic E-state index is -3.10. The number of halogens is 3. The molecule has 122 valence electrons. The topological polar surface area (TPSA) is 20.2 Å². The third-order valence-electron chi connectivity index (χ3n) is 4.67. The molecule has 2 unspecified atom stereocenters. The van der Waals surface area contributed by atoms with Crippen molar-refractivity contribution in [3.05, 3.63) is 47.1 Å². The molecule has 0 amide bonds. The number of aliphatic hydroxyl groups is 1. The first-order chi connectivity index (χ1) is 10.0. The molecule has 1 saturated carbocycles. The maximum atomic E-state index is 14.6. The van der Waals surface area contributed by atoms with Crippen LogP contribution in [-0.4, -0.2) is 21.9 Å². The summed E-state index contributed by atoms with van der Waals surface area (Å²) in [5.74, 6) is -4.77. The molecule has 0 saturated heterocycles. The van der Waals surface area contributed by atoms with E-state index in [1.54, 1.807) is 32.9 Å². The quantitative estimate of drug-likeness (QED) is 0.846. The van der Waals surface area contributed by atoms with E-state index in [4.69, 9.17) is 0 Å². The zero-order chi connectivity index (χ0) is 16.9. The summed E-state index contributed by atoms with van der Waals surface area (Å²) in [6.45, 7) is 9.87. The zero-order valence-electron chi connectivity index (χ0n) is 13.2. The van der Waals surface area contributed by atoms with Gasteiger partial charge in [0, 0.05) is 5.41 Å². The molecule has 1 aliphatic carbocycles. The molecule has 0 radical (unpaired) electrons. The highest BCUT2D eigenvalue weighted by atomic mass is 32.2. The van der Waals surface area contributed by atoms with Crippen molar-refractivity contribution < 1.29 is 18.3 Å². The monoisotopic (exact) mass is 330 g/mol. The number of rotatable bonds is 5.